The third kappa shape index (κ3) is 8.53. The molecule has 0 fully saturated rings. The number of aliphatic hydroxyl groups is 1. The Morgan fingerprint density at radius 3 is 2.59 bits per heavy atom. The van der Waals surface area contributed by atoms with Gasteiger partial charge in [0.15, 0.2) is 12.4 Å². The standard InChI is InChI=1S/C29H34BrN4O5S.HI/c1-4-7-14-40-28-22-16-26(34(37)38)25(33(5-2)6-3)17-27(22)39-29(36)23(28)15-20(18-31)21-10-12-32(19-24(21)30)11-8-9-13-35;/h10,12,15-17,19,35H,4-9,11,13-14H2,1-3H3;1H/q+1;/p-1. The molecule has 0 saturated heterocycles. The van der Waals surface area contributed by atoms with Crippen LogP contribution in [0.25, 0.3) is 22.6 Å². The maximum Gasteiger partial charge on any atom is 0.344 e. The van der Waals surface area contributed by atoms with Crippen LogP contribution in [0, 0.1) is 21.4 Å². The van der Waals surface area contributed by atoms with E-state index in [1.165, 1.54) is 23.9 Å². The molecule has 0 aliphatic rings. The van der Waals surface area contributed by atoms with Crippen LogP contribution in [0.1, 0.15) is 57.6 Å². The second kappa shape index (κ2) is 16.8. The molecule has 9 nitrogen and oxygen atoms in total. The average molecular weight is 757 g/mol. The minimum atomic E-state index is -0.607. The third-order valence-electron chi connectivity index (χ3n) is 6.53. The second-order valence-corrected chi connectivity index (χ2v) is 11.1. The van der Waals surface area contributed by atoms with Crippen molar-refractivity contribution in [2.75, 3.05) is 30.3 Å². The summed E-state index contributed by atoms with van der Waals surface area (Å²) in [5.41, 5.74) is 1.06. The Morgan fingerprint density at radius 2 is 2.00 bits per heavy atom. The first-order valence-corrected chi connectivity index (χ1v) is 15.2. The number of thioether (sulfide) groups is 1. The van der Waals surface area contributed by atoms with Crippen molar-refractivity contribution in [1.82, 2.24) is 0 Å². The summed E-state index contributed by atoms with van der Waals surface area (Å²) >= 11 is 4.99. The van der Waals surface area contributed by atoms with E-state index in [4.69, 9.17) is 9.52 Å². The van der Waals surface area contributed by atoms with Crippen molar-refractivity contribution in [3.8, 4) is 6.07 Å². The number of anilines is 1. The van der Waals surface area contributed by atoms with Crippen LogP contribution in [-0.4, -0.2) is 35.5 Å². The summed E-state index contributed by atoms with van der Waals surface area (Å²) in [6, 6.07) is 7.06. The lowest BCUT2D eigenvalue weighted by Crippen LogP contribution is -3.00. The van der Waals surface area contributed by atoms with Crippen molar-refractivity contribution in [2.24, 2.45) is 0 Å². The van der Waals surface area contributed by atoms with Crippen LogP contribution in [0.2, 0.25) is 0 Å². The van der Waals surface area contributed by atoms with Crippen LogP contribution < -0.4 is 39.1 Å². The van der Waals surface area contributed by atoms with E-state index >= 15 is 0 Å². The number of halogens is 2. The highest BCUT2D eigenvalue weighted by atomic mass is 127. The molecule has 0 unspecified atom stereocenters. The van der Waals surface area contributed by atoms with Crippen molar-refractivity contribution >= 4 is 61.7 Å². The molecule has 2 heterocycles. The van der Waals surface area contributed by atoms with Gasteiger partial charge in [0.25, 0.3) is 5.69 Å². The van der Waals surface area contributed by atoms with Crippen LogP contribution in [-0.2, 0) is 6.54 Å². The van der Waals surface area contributed by atoms with Crippen molar-refractivity contribution in [3.05, 3.63) is 66.7 Å². The Kier molecular flexibility index (Phi) is 14.3. The fraction of sp³-hybridized carbons (Fsp3) is 0.414. The second-order valence-electron chi connectivity index (χ2n) is 9.15. The number of nitro benzene ring substituents is 1. The van der Waals surface area contributed by atoms with Crippen LogP contribution in [0.15, 0.2) is 49.2 Å². The molecule has 0 atom stereocenters. The number of unbranched alkanes of at least 4 members (excludes halogenated alkanes) is 2. The maximum atomic E-state index is 13.4. The summed E-state index contributed by atoms with van der Waals surface area (Å²) in [4.78, 5) is 27.5. The molecule has 1 N–H and O–H groups in total. The van der Waals surface area contributed by atoms with Gasteiger partial charge in [-0.2, -0.15) is 5.26 Å². The van der Waals surface area contributed by atoms with Gasteiger partial charge in [0, 0.05) is 60.2 Å². The van der Waals surface area contributed by atoms with Gasteiger partial charge in [0.2, 0.25) is 0 Å². The Bertz CT molecular complexity index is 1500. The molecule has 0 aliphatic heterocycles. The average Bonchev–Trinajstić information content (AvgIpc) is 2.93. The number of fused-ring (bicyclic) bond motifs is 1. The summed E-state index contributed by atoms with van der Waals surface area (Å²) in [5.74, 6) is 0.701. The molecule has 1 aromatic carbocycles. The molecule has 0 bridgehead atoms. The van der Waals surface area contributed by atoms with Crippen LogP contribution in [0.5, 0.6) is 0 Å². The fourth-order valence-electron chi connectivity index (χ4n) is 4.36. The summed E-state index contributed by atoms with van der Waals surface area (Å²) in [6.07, 6.45) is 8.56. The Hall–Kier alpha value is -2.47. The number of aromatic nitrogens is 1. The monoisotopic (exact) mass is 756 g/mol. The van der Waals surface area contributed by atoms with E-state index in [1.807, 2.05) is 35.7 Å². The first kappa shape index (κ1) is 34.7. The van der Waals surface area contributed by atoms with E-state index in [2.05, 4.69) is 28.9 Å². The van der Waals surface area contributed by atoms with Gasteiger partial charge in [-0.05, 0) is 54.4 Å². The van der Waals surface area contributed by atoms with Crippen LogP contribution in [0.4, 0.5) is 11.4 Å². The van der Waals surface area contributed by atoms with Gasteiger partial charge >= 0.3 is 5.63 Å². The molecule has 0 saturated carbocycles. The molecule has 220 valence electrons. The normalized spacial score (nSPS) is 11.3. The van der Waals surface area contributed by atoms with Gasteiger partial charge in [-0.1, -0.05) is 13.3 Å². The number of hydrogen-bond acceptors (Lipinski definition) is 8. The van der Waals surface area contributed by atoms with Gasteiger partial charge < -0.3 is 38.4 Å². The lowest BCUT2D eigenvalue weighted by Gasteiger charge is -2.21. The third-order valence-corrected chi connectivity index (χ3v) is 8.38. The van der Waals surface area contributed by atoms with Crippen molar-refractivity contribution < 1.29 is 43.0 Å². The first-order valence-electron chi connectivity index (χ1n) is 13.4. The molecule has 3 aromatic rings. The molecule has 0 radical (unpaired) electrons. The number of nitro groups is 1. The summed E-state index contributed by atoms with van der Waals surface area (Å²) in [5, 5.41) is 31.7. The van der Waals surface area contributed by atoms with Gasteiger partial charge in [0.05, 0.1) is 26.6 Å². The van der Waals surface area contributed by atoms with Crippen LogP contribution in [0.3, 0.4) is 0 Å². The summed E-state index contributed by atoms with van der Waals surface area (Å²) < 4.78 is 8.37. The Labute approximate surface area is 269 Å². The van der Waals surface area contributed by atoms with Gasteiger partial charge in [-0.15, -0.1) is 11.8 Å². The van der Waals surface area contributed by atoms with Gasteiger partial charge in [0.1, 0.15) is 17.8 Å². The quantitative estimate of drug-likeness (QED) is 0.0389. The highest BCUT2D eigenvalue weighted by molar-refractivity contribution is 9.10. The predicted molar refractivity (Wildman–Crippen MR) is 162 cm³/mol. The summed E-state index contributed by atoms with van der Waals surface area (Å²) in [7, 11) is 0. The smallest absolute Gasteiger partial charge is 0.344 e. The zero-order chi connectivity index (χ0) is 29.2. The molecule has 0 aliphatic carbocycles. The Morgan fingerprint density at radius 1 is 1.27 bits per heavy atom. The fourth-order valence-corrected chi connectivity index (χ4v) is 6.22. The van der Waals surface area contributed by atoms with E-state index in [-0.39, 0.29) is 53.0 Å². The van der Waals surface area contributed by atoms with E-state index in [0.717, 1.165) is 19.3 Å². The van der Waals surface area contributed by atoms with E-state index in [9.17, 15) is 20.2 Å². The lowest BCUT2D eigenvalue weighted by molar-refractivity contribution is -0.698. The minimum Gasteiger partial charge on any atom is -1.00 e. The lowest BCUT2D eigenvalue weighted by atomic mass is 10.0. The van der Waals surface area contributed by atoms with Crippen LogP contribution >= 0.6 is 27.7 Å². The zero-order valence-corrected chi connectivity index (χ0v) is 27.9. The number of pyridine rings is 1. The highest BCUT2D eigenvalue weighted by Crippen LogP contribution is 2.39. The van der Waals surface area contributed by atoms with Crippen molar-refractivity contribution in [1.29, 1.82) is 5.26 Å². The molecular formula is C29H34BrIN4O5S. The molecule has 41 heavy (non-hydrogen) atoms. The number of allylic oxidation sites excluding steroid dienone is 1. The number of aryl methyl sites for hydroxylation is 1. The number of rotatable bonds is 14. The SMILES string of the molecule is CCCCSc1c(C=C(C#N)c2cc[n+](CCCCO)cc2Br)c(=O)oc2cc(N(CC)CC)c([N+](=O)[O-])cc12.[I-]. The summed E-state index contributed by atoms with van der Waals surface area (Å²) in [6.45, 7) is 7.86. The molecular weight excluding hydrogens is 723 g/mol. The van der Waals surface area contributed by atoms with Gasteiger partial charge in [-0.25, -0.2) is 9.36 Å². The largest absolute Gasteiger partial charge is 1.00 e. The highest BCUT2D eigenvalue weighted by Gasteiger charge is 2.24. The molecule has 3 rings (SSSR count). The first-order chi connectivity index (χ1) is 19.3. The van der Waals surface area contributed by atoms with E-state index in [0.29, 0.717) is 57.8 Å². The molecule has 0 spiro atoms. The van der Waals surface area contributed by atoms with Crippen molar-refractivity contribution in [2.45, 2.75) is 57.9 Å². The zero-order valence-electron chi connectivity index (χ0n) is 23.4. The minimum absolute atomic E-state index is 0. The van der Waals surface area contributed by atoms with Crippen molar-refractivity contribution in [3.63, 3.8) is 0 Å². The number of hydrogen-bond donors (Lipinski definition) is 1. The number of benzene rings is 1. The maximum absolute atomic E-state index is 13.4. The predicted octanol–water partition coefficient (Wildman–Crippen LogP) is 3.33. The molecule has 0 amide bonds. The molecule has 2 aromatic heterocycles. The Balaban J connectivity index is 0.00000588. The number of nitriles is 1. The van der Waals surface area contributed by atoms with E-state index < -0.39 is 10.5 Å². The van der Waals surface area contributed by atoms with E-state index in [1.54, 1.807) is 12.1 Å². The van der Waals surface area contributed by atoms with Gasteiger partial charge in [-0.3, -0.25) is 10.1 Å². The molecule has 12 heteroatoms. The topological polar surface area (TPSA) is 124 Å². The number of nitrogens with zero attached hydrogens (tertiary/aromatic N) is 4. The number of aliphatic hydroxyl groups excluding tert-OH is 1.